The molecule has 3 aliphatic rings. The molecule has 0 bridgehead atoms. The lowest BCUT2D eigenvalue weighted by atomic mass is 10.1. The Labute approximate surface area is 180 Å². The zero-order chi connectivity index (χ0) is 22.1. The van der Waals surface area contributed by atoms with Gasteiger partial charge < -0.3 is 34.5 Å². The molecule has 3 aliphatic heterocycles. The van der Waals surface area contributed by atoms with Crippen LogP contribution in [0.1, 0.15) is 5.56 Å². The van der Waals surface area contributed by atoms with Gasteiger partial charge in [0.2, 0.25) is 0 Å². The summed E-state index contributed by atoms with van der Waals surface area (Å²) in [5, 5.41) is 18.1. The second kappa shape index (κ2) is 11.7. The number of benzene rings is 1. The van der Waals surface area contributed by atoms with Crippen molar-refractivity contribution in [2.45, 2.75) is 6.10 Å². The molecule has 0 spiro atoms. The average Bonchev–Trinajstić information content (AvgIpc) is 2.79. The molecule has 4 rings (SSSR count). The molecule has 10 nitrogen and oxygen atoms in total. The lowest BCUT2D eigenvalue weighted by Crippen LogP contribution is -2.41. The smallest absolute Gasteiger partial charge is 0.414 e. The molecule has 2 saturated heterocycles. The van der Waals surface area contributed by atoms with E-state index in [1.807, 2.05) is 12.1 Å². The van der Waals surface area contributed by atoms with Crippen LogP contribution in [-0.4, -0.2) is 98.9 Å². The van der Waals surface area contributed by atoms with Gasteiger partial charge in [-0.15, -0.1) is 0 Å². The van der Waals surface area contributed by atoms with Gasteiger partial charge in [0.25, 0.3) is 0 Å². The number of ether oxygens (including phenoxy) is 4. The lowest BCUT2D eigenvalue weighted by molar-refractivity contribution is -0.159. The Morgan fingerprint density at radius 1 is 1.16 bits per heavy atom. The number of nitrogens with zero attached hydrogens (tertiary/aromatic N) is 1. The molecular weight excluding hydrogens is 408 g/mol. The Hall–Kier alpha value is -2.66. The predicted molar refractivity (Wildman–Crippen MR) is 111 cm³/mol. The summed E-state index contributed by atoms with van der Waals surface area (Å²) in [6.45, 7) is 8.20. The molecule has 31 heavy (non-hydrogen) atoms. The van der Waals surface area contributed by atoms with Gasteiger partial charge >= 0.3 is 11.9 Å². The van der Waals surface area contributed by atoms with Gasteiger partial charge in [-0.1, -0.05) is 12.1 Å². The van der Waals surface area contributed by atoms with Gasteiger partial charge in [0, 0.05) is 38.3 Å². The van der Waals surface area contributed by atoms with Crippen molar-refractivity contribution in [2.24, 2.45) is 0 Å². The van der Waals surface area contributed by atoms with Crippen LogP contribution in [0.15, 0.2) is 23.8 Å². The lowest BCUT2D eigenvalue weighted by Gasteiger charge is -2.29. The molecule has 0 aliphatic carbocycles. The number of para-hydroxylation sites is 1. The van der Waals surface area contributed by atoms with Crippen molar-refractivity contribution in [1.29, 1.82) is 0 Å². The van der Waals surface area contributed by atoms with Crippen LogP contribution in [-0.2, 0) is 19.1 Å². The summed E-state index contributed by atoms with van der Waals surface area (Å²) in [4.78, 5) is 20.6. The van der Waals surface area contributed by atoms with E-state index in [4.69, 9.17) is 38.7 Å². The fourth-order valence-corrected chi connectivity index (χ4v) is 3.39. The quantitative estimate of drug-likeness (QED) is 0.555. The molecule has 0 radical (unpaired) electrons. The van der Waals surface area contributed by atoms with Crippen LogP contribution in [0.3, 0.4) is 0 Å². The Bertz CT molecular complexity index is 774. The molecule has 1 aromatic carbocycles. The standard InChI is InChI=1S/C19H26N2O4.C2H2O4/c1-2-16-10-15(12-21-5-8-22-9-6-21)13-25-19(16)18(3-1)24-14-17-11-20-4-7-23-17;3-1(4)2(5)6/h1-3,10,17,20H,4-9,11-14H2;(H,3,4)(H,5,6). The third-order valence-electron chi connectivity index (χ3n) is 4.91. The fraction of sp³-hybridized carbons (Fsp3) is 0.524. The summed E-state index contributed by atoms with van der Waals surface area (Å²) >= 11 is 0. The van der Waals surface area contributed by atoms with Crippen LogP contribution in [0.2, 0.25) is 0 Å². The van der Waals surface area contributed by atoms with Crippen molar-refractivity contribution < 1.29 is 38.7 Å². The number of carbonyl (C=O) groups is 2. The van der Waals surface area contributed by atoms with Crippen molar-refractivity contribution in [3.63, 3.8) is 0 Å². The third kappa shape index (κ3) is 7.21. The Morgan fingerprint density at radius 2 is 1.94 bits per heavy atom. The number of nitrogens with one attached hydrogen (secondary N) is 1. The Kier molecular flexibility index (Phi) is 8.65. The molecule has 1 atom stereocenters. The average molecular weight is 436 g/mol. The number of fused-ring (bicyclic) bond motifs is 1. The maximum Gasteiger partial charge on any atom is 0.414 e. The molecule has 0 aromatic heterocycles. The molecule has 0 saturated carbocycles. The van der Waals surface area contributed by atoms with Gasteiger partial charge in [0.15, 0.2) is 11.5 Å². The van der Waals surface area contributed by atoms with E-state index in [0.29, 0.717) is 13.2 Å². The highest BCUT2D eigenvalue weighted by Gasteiger charge is 2.20. The van der Waals surface area contributed by atoms with Gasteiger partial charge in [-0.2, -0.15) is 0 Å². The minimum absolute atomic E-state index is 0.0978. The van der Waals surface area contributed by atoms with Crippen LogP contribution >= 0.6 is 0 Å². The van der Waals surface area contributed by atoms with E-state index in [0.717, 1.165) is 69.6 Å². The summed E-state index contributed by atoms with van der Waals surface area (Å²) < 4.78 is 23.1. The zero-order valence-corrected chi connectivity index (χ0v) is 17.2. The molecule has 3 heterocycles. The van der Waals surface area contributed by atoms with Crippen molar-refractivity contribution in [3.8, 4) is 11.5 Å². The van der Waals surface area contributed by atoms with E-state index in [1.165, 1.54) is 5.57 Å². The maximum atomic E-state index is 9.10. The molecule has 170 valence electrons. The van der Waals surface area contributed by atoms with Crippen molar-refractivity contribution in [3.05, 3.63) is 29.3 Å². The van der Waals surface area contributed by atoms with Gasteiger partial charge in [-0.05, 0) is 17.7 Å². The third-order valence-corrected chi connectivity index (χ3v) is 4.91. The van der Waals surface area contributed by atoms with Crippen molar-refractivity contribution >= 4 is 18.0 Å². The van der Waals surface area contributed by atoms with Gasteiger partial charge in [-0.3, -0.25) is 4.90 Å². The van der Waals surface area contributed by atoms with Crippen LogP contribution in [0.5, 0.6) is 11.5 Å². The summed E-state index contributed by atoms with van der Waals surface area (Å²) in [7, 11) is 0. The van der Waals surface area contributed by atoms with E-state index < -0.39 is 11.9 Å². The van der Waals surface area contributed by atoms with E-state index in [9.17, 15) is 0 Å². The number of hydrogen-bond acceptors (Lipinski definition) is 8. The highest BCUT2D eigenvalue weighted by molar-refractivity contribution is 6.27. The van der Waals surface area contributed by atoms with Gasteiger partial charge in [-0.25, -0.2) is 9.59 Å². The number of hydrogen-bond donors (Lipinski definition) is 3. The fourth-order valence-electron chi connectivity index (χ4n) is 3.39. The van der Waals surface area contributed by atoms with Crippen LogP contribution in [0.25, 0.3) is 6.08 Å². The first-order chi connectivity index (χ1) is 15.0. The molecule has 3 N–H and O–H groups in total. The van der Waals surface area contributed by atoms with E-state index in [-0.39, 0.29) is 6.10 Å². The van der Waals surface area contributed by atoms with Gasteiger partial charge in [0.1, 0.15) is 19.3 Å². The second-order valence-corrected chi connectivity index (χ2v) is 7.27. The minimum atomic E-state index is -1.82. The van der Waals surface area contributed by atoms with Gasteiger partial charge in [0.05, 0.1) is 19.8 Å². The number of carboxylic acids is 2. The SMILES string of the molecule is C1=C(CN2CCOCC2)COc2c1cccc2OCC1CNCCO1.O=C(O)C(=O)O. The Balaban J connectivity index is 0.000000401. The largest absolute Gasteiger partial charge is 0.487 e. The van der Waals surface area contributed by atoms with Crippen molar-refractivity contribution in [2.75, 3.05) is 65.8 Å². The molecule has 1 aromatic rings. The van der Waals surface area contributed by atoms with Crippen LogP contribution in [0, 0.1) is 0 Å². The number of aliphatic carboxylic acids is 2. The normalized spacial score (nSPS) is 20.9. The molecule has 1 unspecified atom stereocenters. The van der Waals surface area contributed by atoms with Crippen molar-refractivity contribution in [1.82, 2.24) is 10.2 Å². The first-order valence-electron chi connectivity index (χ1n) is 10.2. The highest BCUT2D eigenvalue weighted by atomic mass is 16.5. The summed E-state index contributed by atoms with van der Waals surface area (Å²) in [5.41, 5.74) is 2.39. The number of rotatable bonds is 5. The molecule has 2 fully saturated rings. The predicted octanol–water partition coefficient (Wildman–Crippen LogP) is 0.317. The maximum absolute atomic E-state index is 9.10. The first-order valence-corrected chi connectivity index (χ1v) is 10.2. The summed E-state index contributed by atoms with van der Waals surface area (Å²) in [5.74, 6) is -2.00. The molecule has 0 amide bonds. The molecule has 10 heteroatoms. The summed E-state index contributed by atoms with van der Waals surface area (Å²) in [6.07, 6.45) is 2.33. The minimum Gasteiger partial charge on any atom is -0.487 e. The second-order valence-electron chi connectivity index (χ2n) is 7.27. The number of morpholine rings is 2. The number of carboxylic acid groups (broad SMARTS) is 2. The molecular formula is C21H28N2O8. The van der Waals surface area contributed by atoms with Crippen LogP contribution < -0.4 is 14.8 Å². The first kappa shape index (κ1) is 23.0. The Morgan fingerprint density at radius 3 is 2.61 bits per heavy atom. The van der Waals surface area contributed by atoms with Crippen LogP contribution in [0.4, 0.5) is 0 Å². The zero-order valence-electron chi connectivity index (χ0n) is 17.2. The van der Waals surface area contributed by atoms with E-state index in [2.05, 4.69) is 22.4 Å². The highest BCUT2D eigenvalue weighted by Crippen LogP contribution is 2.36. The van der Waals surface area contributed by atoms with E-state index >= 15 is 0 Å². The monoisotopic (exact) mass is 436 g/mol. The van der Waals surface area contributed by atoms with E-state index in [1.54, 1.807) is 0 Å². The summed E-state index contributed by atoms with van der Waals surface area (Å²) in [6, 6.07) is 6.07. The topological polar surface area (TPSA) is 127 Å².